The molecular formula is C33H52O3Si2. The van der Waals surface area contributed by atoms with Crippen molar-refractivity contribution >= 4 is 32.8 Å². The van der Waals surface area contributed by atoms with Crippen molar-refractivity contribution in [2.45, 2.75) is 109 Å². The van der Waals surface area contributed by atoms with Crippen molar-refractivity contribution in [1.29, 1.82) is 0 Å². The minimum Gasteiger partial charge on any atom is -0.412 e. The van der Waals surface area contributed by atoms with Crippen LogP contribution in [0.1, 0.15) is 80.1 Å². The molecule has 0 aromatic heterocycles. The van der Waals surface area contributed by atoms with Crippen LogP contribution in [0.15, 0.2) is 73.3 Å². The zero-order valence-electron chi connectivity index (χ0n) is 25.3. The first-order valence-electron chi connectivity index (χ1n) is 14.3. The van der Waals surface area contributed by atoms with Crippen LogP contribution < -0.4 is 10.4 Å². The van der Waals surface area contributed by atoms with Gasteiger partial charge in [0.25, 0.3) is 8.32 Å². The topological polar surface area (TPSA) is 35.5 Å². The first-order chi connectivity index (χ1) is 17.7. The summed E-state index contributed by atoms with van der Waals surface area (Å²) in [7, 11) is -4.69. The van der Waals surface area contributed by atoms with E-state index in [2.05, 4.69) is 122 Å². The monoisotopic (exact) mass is 552 g/mol. The fraction of sp³-hybridized carbons (Fsp3) is 0.545. The van der Waals surface area contributed by atoms with E-state index in [4.69, 9.17) is 8.85 Å². The minimum atomic E-state index is -2.66. The smallest absolute Gasteiger partial charge is 0.261 e. The standard InChI is InChI=1S/C33H52O3Si2/c1-10-11-14-20-28(34)21-19-22-29(36-37(8,9)32(2,3)4)27-35-38(33(5,6)7,30-23-15-12-16-24-30)31-25-17-13-18-26-31/h10,12-13,15-18,23-26,29H,1,11,14,19-22,27H2,2-9H3/t29-/m0/s1. The number of rotatable bonds is 15. The average molecular weight is 553 g/mol. The second kappa shape index (κ2) is 14.0. The van der Waals surface area contributed by atoms with Crippen LogP contribution in [0.5, 0.6) is 0 Å². The van der Waals surface area contributed by atoms with E-state index in [1.54, 1.807) is 0 Å². The van der Waals surface area contributed by atoms with E-state index in [-0.39, 0.29) is 16.2 Å². The molecule has 0 aliphatic heterocycles. The van der Waals surface area contributed by atoms with Gasteiger partial charge in [-0.2, -0.15) is 0 Å². The van der Waals surface area contributed by atoms with Gasteiger partial charge in [0.1, 0.15) is 5.78 Å². The van der Waals surface area contributed by atoms with Gasteiger partial charge in [0.2, 0.25) is 0 Å². The van der Waals surface area contributed by atoms with Crippen molar-refractivity contribution in [2.24, 2.45) is 0 Å². The van der Waals surface area contributed by atoms with E-state index in [1.165, 1.54) is 10.4 Å². The molecule has 5 heteroatoms. The van der Waals surface area contributed by atoms with Crippen LogP contribution in [-0.2, 0) is 13.6 Å². The van der Waals surface area contributed by atoms with Gasteiger partial charge < -0.3 is 8.85 Å². The summed E-state index contributed by atoms with van der Waals surface area (Å²) in [5, 5.41) is 2.57. The summed E-state index contributed by atoms with van der Waals surface area (Å²) in [5.41, 5.74) is 0. The quantitative estimate of drug-likeness (QED) is 0.127. The summed E-state index contributed by atoms with van der Waals surface area (Å²) in [4.78, 5) is 12.5. The second-order valence-electron chi connectivity index (χ2n) is 13.1. The van der Waals surface area contributed by atoms with Crippen molar-refractivity contribution in [3.8, 4) is 0 Å². The summed E-state index contributed by atoms with van der Waals surface area (Å²) in [6, 6.07) is 21.6. The zero-order valence-corrected chi connectivity index (χ0v) is 27.3. The minimum absolute atomic E-state index is 0.0430. The molecule has 0 radical (unpaired) electrons. The second-order valence-corrected chi connectivity index (χ2v) is 22.1. The van der Waals surface area contributed by atoms with Gasteiger partial charge in [0.05, 0.1) is 12.7 Å². The Hall–Kier alpha value is -1.80. The molecular weight excluding hydrogens is 501 g/mol. The highest BCUT2D eigenvalue weighted by Gasteiger charge is 2.50. The van der Waals surface area contributed by atoms with Crippen LogP contribution in [-0.4, -0.2) is 35.1 Å². The van der Waals surface area contributed by atoms with Crippen LogP contribution in [0.2, 0.25) is 23.2 Å². The molecule has 2 aromatic rings. The van der Waals surface area contributed by atoms with Crippen molar-refractivity contribution < 1.29 is 13.6 Å². The largest absolute Gasteiger partial charge is 0.412 e. The van der Waals surface area contributed by atoms with Gasteiger partial charge in [-0.1, -0.05) is 108 Å². The maximum absolute atomic E-state index is 12.5. The Balaban J connectivity index is 2.36. The summed E-state index contributed by atoms with van der Waals surface area (Å²) in [6.45, 7) is 22.7. The molecule has 1 atom stereocenters. The molecule has 0 spiro atoms. The average Bonchev–Trinajstić information content (AvgIpc) is 2.84. The number of benzene rings is 2. The first kappa shape index (κ1) is 32.4. The van der Waals surface area contributed by atoms with E-state index in [1.807, 2.05) is 6.08 Å². The predicted molar refractivity (Wildman–Crippen MR) is 169 cm³/mol. The van der Waals surface area contributed by atoms with Crippen molar-refractivity contribution in [3.63, 3.8) is 0 Å². The van der Waals surface area contributed by atoms with Gasteiger partial charge in [-0.3, -0.25) is 4.79 Å². The Kier molecular flexibility index (Phi) is 12.0. The third kappa shape index (κ3) is 8.60. The fourth-order valence-corrected chi connectivity index (χ4v) is 10.8. The van der Waals surface area contributed by atoms with E-state index in [0.717, 1.165) is 25.7 Å². The van der Waals surface area contributed by atoms with Crippen LogP contribution in [0.25, 0.3) is 0 Å². The molecule has 0 bridgehead atoms. The molecule has 0 aliphatic rings. The molecule has 0 saturated heterocycles. The molecule has 3 nitrogen and oxygen atoms in total. The molecule has 0 N–H and O–H groups in total. The van der Waals surface area contributed by atoms with E-state index >= 15 is 0 Å². The van der Waals surface area contributed by atoms with Crippen LogP contribution in [0.3, 0.4) is 0 Å². The molecule has 2 rings (SSSR count). The number of Topliss-reactive ketones (excluding diaryl/α,β-unsaturated/α-hetero) is 1. The molecule has 0 unspecified atom stereocenters. The Morgan fingerprint density at radius 2 is 1.34 bits per heavy atom. The summed E-state index contributed by atoms with van der Waals surface area (Å²) in [6.07, 6.45) is 6.54. The molecule has 2 aromatic carbocycles. The lowest BCUT2D eigenvalue weighted by molar-refractivity contribution is -0.119. The highest BCUT2D eigenvalue weighted by atomic mass is 28.4. The maximum atomic E-state index is 12.5. The van der Waals surface area contributed by atoms with Gasteiger partial charge in [-0.05, 0) is 59.2 Å². The highest BCUT2D eigenvalue weighted by Crippen LogP contribution is 2.39. The third-order valence-corrected chi connectivity index (χ3v) is 17.6. The number of carbonyl (C=O) groups excluding carboxylic acids is 1. The van der Waals surface area contributed by atoms with Gasteiger partial charge in [-0.25, -0.2) is 0 Å². The van der Waals surface area contributed by atoms with Gasteiger partial charge >= 0.3 is 0 Å². The molecule has 0 fully saturated rings. The normalized spacial score (nSPS) is 13.8. The summed E-state index contributed by atoms with van der Waals surface area (Å²) >= 11 is 0. The van der Waals surface area contributed by atoms with Crippen molar-refractivity contribution in [2.75, 3.05) is 6.61 Å². The highest BCUT2D eigenvalue weighted by molar-refractivity contribution is 6.99. The summed E-state index contributed by atoms with van der Waals surface area (Å²) < 4.78 is 14.2. The Morgan fingerprint density at radius 3 is 1.79 bits per heavy atom. The van der Waals surface area contributed by atoms with Crippen LogP contribution >= 0.6 is 0 Å². The Morgan fingerprint density at radius 1 is 0.842 bits per heavy atom. The van der Waals surface area contributed by atoms with Gasteiger partial charge in [-0.15, -0.1) is 6.58 Å². The van der Waals surface area contributed by atoms with Gasteiger partial charge in [0, 0.05) is 12.8 Å². The number of hydrogen-bond acceptors (Lipinski definition) is 3. The van der Waals surface area contributed by atoms with Crippen molar-refractivity contribution in [1.82, 2.24) is 0 Å². The zero-order chi connectivity index (χ0) is 28.5. The number of carbonyl (C=O) groups is 1. The Bertz CT molecular complexity index is 949. The molecule has 0 heterocycles. The summed E-state index contributed by atoms with van der Waals surface area (Å²) in [5.74, 6) is 0.339. The molecule has 0 amide bonds. The predicted octanol–water partition coefficient (Wildman–Crippen LogP) is 8.05. The van der Waals surface area contributed by atoms with Gasteiger partial charge in [0.15, 0.2) is 8.32 Å². The van der Waals surface area contributed by atoms with Crippen LogP contribution in [0, 0.1) is 0 Å². The number of hydrogen-bond donors (Lipinski definition) is 0. The SMILES string of the molecule is C=CCCCC(=O)CCC[C@@H](CO[Si](c1ccccc1)(c1ccccc1)C(C)(C)C)O[Si](C)(C)C(C)(C)C. The van der Waals surface area contributed by atoms with Crippen molar-refractivity contribution in [3.05, 3.63) is 73.3 Å². The number of ketones is 1. The lowest BCUT2D eigenvalue weighted by Crippen LogP contribution is -2.67. The fourth-order valence-electron chi connectivity index (χ4n) is 4.84. The van der Waals surface area contributed by atoms with E-state index in [0.29, 0.717) is 25.2 Å². The first-order valence-corrected chi connectivity index (χ1v) is 19.1. The molecule has 210 valence electrons. The van der Waals surface area contributed by atoms with Crippen LogP contribution in [0.4, 0.5) is 0 Å². The Labute approximate surface area is 235 Å². The third-order valence-electron chi connectivity index (χ3n) is 8.02. The molecule has 0 saturated carbocycles. The molecule has 38 heavy (non-hydrogen) atoms. The maximum Gasteiger partial charge on any atom is 0.261 e. The number of unbranched alkanes of at least 4 members (excludes halogenated alkanes) is 1. The number of allylic oxidation sites excluding steroid dienone is 1. The lowest BCUT2D eigenvalue weighted by atomic mass is 10.1. The van der Waals surface area contributed by atoms with E-state index < -0.39 is 16.6 Å². The van der Waals surface area contributed by atoms with E-state index in [9.17, 15) is 4.79 Å². The lowest BCUT2D eigenvalue weighted by Gasteiger charge is -2.45. The molecule has 0 aliphatic carbocycles.